The molecule has 0 radical (unpaired) electrons. The number of aliphatic hydroxyl groups excluding tert-OH is 1. The van der Waals surface area contributed by atoms with Crippen molar-refractivity contribution in [1.82, 2.24) is 4.98 Å². The summed E-state index contributed by atoms with van der Waals surface area (Å²) in [5.41, 5.74) is 1.000. The van der Waals surface area contributed by atoms with Crippen LogP contribution < -0.4 is 0 Å². The number of fused-ring (bicyclic) bond motifs is 1. The standard InChI is InChI=1S/C17H21NO/c1-2-12-7-8-13(9-12)17(19)16-11-18-10-14-5-3-4-6-15(14)16/h3-6,10-13,17,19H,2,7-9H2,1H3. The van der Waals surface area contributed by atoms with Crippen molar-refractivity contribution >= 4 is 10.8 Å². The Morgan fingerprint density at radius 2 is 2.11 bits per heavy atom. The largest absolute Gasteiger partial charge is 0.388 e. The fourth-order valence-corrected chi connectivity index (χ4v) is 3.40. The first-order valence-electron chi connectivity index (χ1n) is 7.30. The first kappa shape index (κ1) is 12.6. The average Bonchev–Trinajstić information content (AvgIpc) is 2.95. The van der Waals surface area contributed by atoms with E-state index >= 15 is 0 Å². The summed E-state index contributed by atoms with van der Waals surface area (Å²) in [6.45, 7) is 2.25. The fraction of sp³-hybridized carbons (Fsp3) is 0.471. The van der Waals surface area contributed by atoms with Crippen LogP contribution in [0.15, 0.2) is 36.7 Å². The summed E-state index contributed by atoms with van der Waals surface area (Å²) in [6, 6.07) is 8.19. The second-order valence-electron chi connectivity index (χ2n) is 5.74. The highest BCUT2D eigenvalue weighted by molar-refractivity contribution is 5.84. The summed E-state index contributed by atoms with van der Waals surface area (Å²) in [6.07, 6.45) is 8.13. The van der Waals surface area contributed by atoms with Gasteiger partial charge >= 0.3 is 0 Å². The van der Waals surface area contributed by atoms with Gasteiger partial charge in [0.15, 0.2) is 0 Å². The van der Waals surface area contributed by atoms with E-state index in [4.69, 9.17) is 0 Å². The number of hydrogen-bond acceptors (Lipinski definition) is 2. The van der Waals surface area contributed by atoms with Gasteiger partial charge in [0.1, 0.15) is 0 Å². The molecule has 3 atom stereocenters. The van der Waals surface area contributed by atoms with E-state index in [0.29, 0.717) is 5.92 Å². The molecule has 1 aromatic carbocycles. The Balaban J connectivity index is 1.92. The molecule has 0 aliphatic heterocycles. The topological polar surface area (TPSA) is 33.1 Å². The molecule has 100 valence electrons. The Morgan fingerprint density at radius 1 is 1.26 bits per heavy atom. The van der Waals surface area contributed by atoms with Crippen LogP contribution in [0.3, 0.4) is 0 Å². The van der Waals surface area contributed by atoms with E-state index < -0.39 is 0 Å². The molecule has 1 saturated carbocycles. The number of rotatable bonds is 3. The summed E-state index contributed by atoms with van der Waals surface area (Å²) in [5, 5.41) is 12.9. The van der Waals surface area contributed by atoms with Crippen LogP contribution in [0.5, 0.6) is 0 Å². The van der Waals surface area contributed by atoms with Crippen molar-refractivity contribution in [2.75, 3.05) is 0 Å². The molecule has 2 heteroatoms. The van der Waals surface area contributed by atoms with Gasteiger partial charge < -0.3 is 5.11 Å². The highest BCUT2D eigenvalue weighted by Gasteiger charge is 2.30. The van der Waals surface area contributed by atoms with Crippen LogP contribution in [0, 0.1) is 11.8 Å². The Bertz CT molecular complexity index is 561. The molecule has 1 fully saturated rings. The highest BCUT2D eigenvalue weighted by atomic mass is 16.3. The molecule has 2 aromatic rings. The lowest BCUT2D eigenvalue weighted by Crippen LogP contribution is -2.10. The molecular weight excluding hydrogens is 234 g/mol. The second kappa shape index (κ2) is 5.30. The number of benzene rings is 1. The van der Waals surface area contributed by atoms with Crippen LogP contribution in [0.1, 0.15) is 44.3 Å². The number of pyridine rings is 1. The second-order valence-corrected chi connectivity index (χ2v) is 5.74. The molecule has 1 N–H and O–H groups in total. The molecule has 0 bridgehead atoms. The SMILES string of the molecule is CCC1CCC(C(O)c2cncc3ccccc23)C1. The molecule has 3 unspecified atom stereocenters. The van der Waals surface area contributed by atoms with Gasteiger partial charge in [0.25, 0.3) is 0 Å². The minimum Gasteiger partial charge on any atom is -0.388 e. The van der Waals surface area contributed by atoms with Crippen molar-refractivity contribution in [2.24, 2.45) is 11.8 Å². The Kier molecular flexibility index (Phi) is 3.52. The molecule has 2 nitrogen and oxygen atoms in total. The van der Waals surface area contributed by atoms with Crippen molar-refractivity contribution in [1.29, 1.82) is 0 Å². The van der Waals surface area contributed by atoms with Gasteiger partial charge in [-0.3, -0.25) is 4.98 Å². The monoisotopic (exact) mass is 255 g/mol. The third kappa shape index (κ3) is 2.37. The third-order valence-corrected chi connectivity index (χ3v) is 4.62. The van der Waals surface area contributed by atoms with Gasteiger partial charge in [-0.2, -0.15) is 0 Å². The summed E-state index contributed by atoms with van der Waals surface area (Å²) in [7, 11) is 0. The van der Waals surface area contributed by atoms with E-state index in [0.717, 1.165) is 35.1 Å². The van der Waals surface area contributed by atoms with Crippen molar-refractivity contribution < 1.29 is 5.11 Å². The molecule has 3 rings (SSSR count). The van der Waals surface area contributed by atoms with E-state index in [1.165, 1.54) is 12.8 Å². The maximum Gasteiger partial charge on any atom is 0.0839 e. The normalized spacial score (nSPS) is 24.7. The summed E-state index contributed by atoms with van der Waals surface area (Å²) in [5.74, 6) is 1.19. The number of hydrogen-bond donors (Lipinski definition) is 1. The van der Waals surface area contributed by atoms with Crippen LogP contribution in [0.2, 0.25) is 0 Å². The van der Waals surface area contributed by atoms with Crippen LogP contribution in [-0.4, -0.2) is 10.1 Å². The predicted molar refractivity (Wildman–Crippen MR) is 77.8 cm³/mol. The van der Waals surface area contributed by atoms with Gasteiger partial charge in [0.05, 0.1) is 6.10 Å². The van der Waals surface area contributed by atoms with Crippen LogP contribution in [0.4, 0.5) is 0 Å². The lowest BCUT2D eigenvalue weighted by atomic mass is 9.91. The Hall–Kier alpha value is -1.41. The lowest BCUT2D eigenvalue weighted by molar-refractivity contribution is 0.110. The first-order valence-corrected chi connectivity index (χ1v) is 7.30. The van der Waals surface area contributed by atoms with Crippen molar-refractivity contribution in [2.45, 2.75) is 38.7 Å². The van der Waals surface area contributed by atoms with Crippen LogP contribution >= 0.6 is 0 Å². The average molecular weight is 255 g/mol. The van der Waals surface area contributed by atoms with Crippen molar-refractivity contribution in [3.8, 4) is 0 Å². The molecule has 0 spiro atoms. The van der Waals surface area contributed by atoms with Gasteiger partial charge in [0, 0.05) is 23.3 Å². The maximum atomic E-state index is 10.7. The molecule has 0 saturated heterocycles. The number of nitrogens with zero attached hydrogens (tertiary/aromatic N) is 1. The Labute approximate surface area is 114 Å². The van der Waals surface area contributed by atoms with E-state index in [1.807, 2.05) is 24.5 Å². The van der Waals surface area contributed by atoms with Gasteiger partial charge in [-0.25, -0.2) is 0 Å². The zero-order chi connectivity index (χ0) is 13.2. The highest BCUT2D eigenvalue weighted by Crippen LogP contribution is 2.41. The Morgan fingerprint density at radius 3 is 2.89 bits per heavy atom. The van der Waals surface area contributed by atoms with E-state index in [-0.39, 0.29) is 6.10 Å². The molecular formula is C17H21NO. The van der Waals surface area contributed by atoms with Gasteiger partial charge in [-0.15, -0.1) is 0 Å². The van der Waals surface area contributed by atoms with E-state index in [2.05, 4.69) is 24.0 Å². The lowest BCUT2D eigenvalue weighted by Gasteiger charge is -2.20. The molecule has 1 aromatic heterocycles. The van der Waals surface area contributed by atoms with Crippen molar-refractivity contribution in [3.05, 3.63) is 42.2 Å². The summed E-state index contributed by atoms with van der Waals surface area (Å²) < 4.78 is 0. The number of aromatic nitrogens is 1. The maximum absolute atomic E-state index is 10.7. The van der Waals surface area contributed by atoms with Crippen molar-refractivity contribution in [3.63, 3.8) is 0 Å². The fourth-order valence-electron chi connectivity index (χ4n) is 3.40. The summed E-state index contributed by atoms with van der Waals surface area (Å²) >= 11 is 0. The number of aliphatic hydroxyl groups is 1. The summed E-state index contributed by atoms with van der Waals surface area (Å²) in [4.78, 5) is 4.28. The molecule has 0 amide bonds. The zero-order valence-corrected chi connectivity index (χ0v) is 11.4. The van der Waals surface area contributed by atoms with Crippen LogP contribution in [0.25, 0.3) is 10.8 Å². The smallest absolute Gasteiger partial charge is 0.0839 e. The molecule has 1 heterocycles. The first-order chi connectivity index (χ1) is 9.29. The zero-order valence-electron chi connectivity index (χ0n) is 11.4. The van der Waals surface area contributed by atoms with Gasteiger partial charge in [0.2, 0.25) is 0 Å². The van der Waals surface area contributed by atoms with Crippen LogP contribution in [-0.2, 0) is 0 Å². The molecule has 1 aliphatic rings. The predicted octanol–water partition coefficient (Wildman–Crippen LogP) is 4.09. The quantitative estimate of drug-likeness (QED) is 0.896. The molecule has 1 aliphatic carbocycles. The van der Waals surface area contributed by atoms with E-state index in [9.17, 15) is 5.11 Å². The van der Waals surface area contributed by atoms with Gasteiger partial charge in [-0.05, 0) is 30.1 Å². The minimum absolute atomic E-state index is 0.366. The minimum atomic E-state index is -0.366. The third-order valence-electron chi connectivity index (χ3n) is 4.62. The van der Waals surface area contributed by atoms with Gasteiger partial charge in [-0.1, -0.05) is 44.0 Å². The molecule has 19 heavy (non-hydrogen) atoms. The van der Waals surface area contributed by atoms with E-state index in [1.54, 1.807) is 0 Å².